The van der Waals surface area contributed by atoms with Gasteiger partial charge in [0.15, 0.2) is 9.84 Å². The zero-order chi connectivity index (χ0) is 23.1. The lowest BCUT2D eigenvalue weighted by Crippen LogP contribution is -2.30. The minimum Gasteiger partial charge on any atom is -0.335 e. The first kappa shape index (κ1) is 23.7. The molecule has 1 atom stereocenters. The van der Waals surface area contributed by atoms with Crippen molar-refractivity contribution in [3.63, 3.8) is 0 Å². The van der Waals surface area contributed by atoms with Crippen molar-refractivity contribution < 1.29 is 39.6 Å². The van der Waals surface area contributed by atoms with Gasteiger partial charge in [0.25, 0.3) is 5.91 Å². The second-order valence-corrected chi connectivity index (χ2v) is 8.74. The first-order valence-electron chi connectivity index (χ1n) is 8.38. The predicted molar refractivity (Wildman–Crippen MR) is 96.5 cm³/mol. The molecule has 1 amide bonds. The second-order valence-electron chi connectivity index (χ2n) is 6.73. The van der Waals surface area contributed by atoms with Crippen LogP contribution in [0.25, 0.3) is 0 Å². The third-order valence-corrected chi connectivity index (χ3v) is 5.66. The average molecular weight is 453 g/mol. The van der Waals surface area contributed by atoms with E-state index in [1.54, 1.807) is 0 Å². The van der Waals surface area contributed by atoms with E-state index in [2.05, 4.69) is 0 Å². The van der Waals surface area contributed by atoms with Crippen LogP contribution in [0.2, 0.25) is 0 Å². The van der Waals surface area contributed by atoms with Crippen molar-refractivity contribution >= 4 is 15.7 Å². The lowest BCUT2D eigenvalue weighted by atomic mass is 10.0. The fourth-order valence-electron chi connectivity index (χ4n) is 2.68. The summed E-state index contributed by atoms with van der Waals surface area (Å²) >= 11 is 0. The lowest BCUT2D eigenvalue weighted by Gasteiger charge is -2.26. The van der Waals surface area contributed by atoms with Gasteiger partial charge in [0.05, 0.1) is 22.1 Å². The zero-order valence-electron chi connectivity index (χ0n) is 16.0. The highest BCUT2D eigenvalue weighted by molar-refractivity contribution is 7.90. The first-order chi connectivity index (χ1) is 13.5. The number of nitrogens with zero attached hydrogens (tertiary/aromatic N) is 1. The Balaban J connectivity index is 2.41. The molecule has 11 heteroatoms. The summed E-state index contributed by atoms with van der Waals surface area (Å²) in [6.07, 6.45) is -9.13. The molecule has 0 bridgehead atoms. The summed E-state index contributed by atoms with van der Waals surface area (Å²) in [6, 6.07) is 5.35. The maximum Gasteiger partial charge on any atom is 0.416 e. The summed E-state index contributed by atoms with van der Waals surface area (Å²) < 4.78 is 101. The third kappa shape index (κ3) is 5.32. The van der Waals surface area contributed by atoms with Crippen molar-refractivity contribution in [1.82, 2.24) is 4.90 Å². The molecule has 0 heterocycles. The van der Waals surface area contributed by atoms with Crippen molar-refractivity contribution in [2.45, 2.75) is 30.2 Å². The van der Waals surface area contributed by atoms with Gasteiger partial charge in [-0.05, 0) is 42.8 Å². The first-order valence-corrected chi connectivity index (χ1v) is 10.3. The van der Waals surface area contributed by atoms with Crippen LogP contribution in [0.15, 0.2) is 47.4 Å². The van der Waals surface area contributed by atoms with Crippen LogP contribution >= 0.6 is 0 Å². The highest BCUT2D eigenvalue weighted by Crippen LogP contribution is 2.37. The van der Waals surface area contributed by atoms with E-state index >= 15 is 0 Å². The lowest BCUT2D eigenvalue weighted by molar-refractivity contribution is -0.143. The summed E-state index contributed by atoms with van der Waals surface area (Å²) in [6.45, 7) is 1.51. The van der Waals surface area contributed by atoms with Crippen LogP contribution in [-0.4, -0.2) is 32.5 Å². The van der Waals surface area contributed by atoms with Gasteiger partial charge in [-0.1, -0.05) is 12.1 Å². The molecule has 2 rings (SSSR count). The Morgan fingerprint density at radius 2 is 1.33 bits per heavy atom. The highest BCUT2D eigenvalue weighted by Gasteiger charge is 2.38. The van der Waals surface area contributed by atoms with Crippen molar-refractivity contribution in [1.29, 1.82) is 0 Å². The van der Waals surface area contributed by atoms with E-state index in [0.29, 0.717) is 17.7 Å². The molecular weight excluding hydrogens is 436 g/mol. The van der Waals surface area contributed by atoms with Gasteiger partial charge in [-0.3, -0.25) is 4.79 Å². The van der Waals surface area contributed by atoms with E-state index < -0.39 is 50.8 Å². The molecule has 2 aromatic carbocycles. The molecule has 164 valence electrons. The fraction of sp³-hybridized carbons (Fsp3) is 0.316. The predicted octanol–water partition coefficient (Wildman–Crippen LogP) is 4.96. The molecule has 2 aromatic rings. The number of benzene rings is 2. The fourth-order valence-corrected chi connectivity index (χ4v) is 3.31. The van der Waals surface area contributed by atoms with E-state index in [-0.39, 0.29) is 11.0 Å². The smallest absolute Gasteiger partial charge is 0.335 e. The van der Waals surface area contributed by atoms with Crippen LogP contribution in [0.3, 0.4) is 0 Å². The summed E-state index contributed by atoms with van der Waals surface area (Å²) in [5, 5.41) is 0. The number of carbonyl (C=O) groups excluding carboxylic acids is 1. The largest absolute Gasteiger partial charge is 0.416 e. The van der Waals surface area contributed by atoms with Gasteiger partial charge in [0.1, 0.15) is 0 Å². The zero-order valence-corrected chi connectivity index (χ0v) is 16.8. The summed E-state index contributed by atoms with van der Waals surface area (Å²) in [5.41, 5.74) is -3.49. The Morgan fingerprint density at radius 1 is 0.900 bits per heavy atom. The summed E-state index contributed by atoms with van der Waals surface area (Å²) in [4.78, 5) is 13.6. The number of amides is 1. The van der Waals surface area contributed by atoms with E-state index in [0.717, 1.165) is 11.2 Å². The number of alkyl halides is 6. The number of rotatable bonds is 4. The molecule has 0 saturated carbocycles. The molecule has 0 saturated heterocycles. The molecule has 0 N–H and O–H groups in total. The van der Waals surface area contributed by atoms with Crippen molar-refractivity contribution in [3.05, 3.63) is 64.7 Å². The molecule has 1 unspecified atom stereocenters. The summed E-state index contributed by atoms with van der Waals surface area (Å²) in [7, 11) is -2.23. The topological polar surface area (TPSA) is 54.5 Å². The van der Waals surface area contributed by atoms with E-state index in [9.17, 15) is 39.6 Å². The van der Waals surface area contributed by atoms with Crippen LogP contribution in [0.5, 0.6) is 0 Å². The van der Waals surface area contributed by atoms with Gasteiger partial charge in [0.2, 0.25) is 0 Å². The molecule has 0 aromatic heterocycles. The Bertz CT molecular complexity index is 1010. The standard InChI is InChI=1S/C19H17F6NO3S/c1-11(12-4-6-16(7-5-12)30(3,28)29)26(2)17(27)13-8-14(18(20,21)22)10-15(9-13)19(23,24)25/h4-11H,1-3H3. The molecule has 0 fully saturated rings. The Morgan fingerprint density at radius 3 is 1.70 bits per heavy atom. The van der Waals surface area contributed by atoms with Gasteiger partial charge < -0.3 is 4.90 Å². The third-order valence-electron chi connectivity index (χ3n) is 4.53. The average Bonchev–Trinajstić information content (AvgIpc) is 2.64. The van der Waals surface area contributed by atoms with Crippen LogP contribution in [0.4, 0.5) is 26.3 Å². The minimum absolute atomic E-state index is 0.0279. The Hall–Kier alpha value is -2.56. The second kappa shape index (κ2) is 7.93. The number of sulfone groups is 1. The molecule has 4 nitrogen and oxygen atoms in total. The van der Waals surface area contributed by atoms with Crippen LogP contribution in [0, 0.1) is 0 Å². The molecule has 0 radical (unpaired) electrons. The molecule has 0 spiro atoms. The number of carbonyl (C=O) groups is 1. The maximum absolute atomic E-state index is 13.0. The van der Waals surface area contributed by atoms with Crippen molar-refractivity contribution in [3.8, 4) is 0 Å². The van der Waals surface area contributed by atoms with Crippen LogP contribution < -0.4 is 0 Å². The Kier molecular flexibility index (Phi) is 6.27. The molecule has 0 aliphatic rings. The number of hydrogen-bond donors (Lipinski definition) is 0. The van der Waals surface area contributed by atoms with E-state index in [4.69, 9.17) is 0 Å². The van der Waals surface area contributed by atoms with Gasteiger partial charge >= 0.3 is 12.4 Å². The van der Waals surface area contributed by atoms with E-state index in [1.165, 1.54) is 38.2 Å². The SMILES string of the molecule is CC(c1ccc(S(C)(=O)=O)cc1)N(C)C(=O)c1cc(C(F)(F)F)cc(C(F)(F)F)c1. The molecule has 0 aliphatic heterocycles. The Labute approximate surface area is 169 Å². The quantitative estimate of drug-likeness (QED) is 0.615. The molecular formula is C19H17F6NO3S. The molecule has 0 aliphatic carbocycles. The number of halogens is 6. The maximum atomic E-state index is 13.0. The molecule has 30 heavy (non-hydrogen) atoms. The normalized spacial score (nSPS) is 13.8. The van der Waals surface area contributed by atoms with Crippen LogP contribution in [-0.2, 0) is 22.2 Å². The van der Waals surface area contributed by atoms with Gasteiger partial charge in [0, 0.05) is 18.9 Å². The van der Waals surface area contributed by atoms with Crippen molar-refractivity contribution in [2.24, 2.45) is 0 Å². The van der Waals surface area contributed by atoms with Crippen LogP contribution in [0.1, 0.15) is 40.0 Å². The van der Waals surface area contributed by atoms with Gasteiger partial charge in [-0.2, -0.15) is 26.3 Å². The van der Waals surface area contributed by atoms with E-state index in [1.807, 2.05) is 0 Å². The monoisotopic (exact) mass is 453 g/mol. The summed E-state index contributed by atoms with van der Waals surface area (Å²) in [5.74, 6) is -1.05. The highest BCUT2D eigenvalue weighted by atomic mass is 32.2. The number of hydrogen-bond acceptors (Lipinski definition) is 3. The van der Waals surface area contributed by atoms with Gasteiger partial charge in [-0.15, -0.1) is 0 Å². The van der Waals surface area contributed by atoms with Gasteiger partial charge in [-0.25, -0.2) is 8.42 Å². The van der Waals surface area contributed by atoms with Crippen molar-refractivity contribution in [2.75, 3.05) is 13.3 Å². The minimum atomic E-state index is -5.07.